The van der Waals surface area contributed by atoms with Crippen LogP contribution in [0, 0.1) is 0 Å². The van der Waals surface area contributed by atoms with Crippen molar-refractivity contribution in [3.05, 3.63) is 47.8 Å². The average Bonchev–Trinajstić information content (AvgIpc) is 3.11. The molecule has 112 valence electrons. The van der Waals surface area contributed by atoms with Gasteiger partial charge < -0.3 is 10.6 Å². The number of aromatic nitrogens is 3. The minimum Gasteiger partial charge on any atom is -0.347 e. The van der Waals surface area contributed by atoms with Crippen LogP contribution in [0.3, 0.4) is 0 Å². The quantitative estimate of drug-likeness (QED) is 0.878. The van der Waals surface area contributed by atoms with E-state index in [1.54, 1.807) is 10.9 Å². The molecule has 1 aromatic heterocycles. The number of nitrogens with one attached hydrogen (secondary N) is 2. The Morgan fingerprint density at radius 2 is 2.19 bits per heavy atom. The second-order valence-electron chi connectivity index (χ2n) is 4.95. The normalized spacial score (nSPS) is 17.2. The minimum atomic E-state index is -0.155. The molecule has 3 rings (SSSR count). The van der Waals surface area contributed by atoms with Crippen molar-refractivity contribution in [2.45, 2.75) is 19.0 Å². The summed E-state index contributed by atoms with van der Waals surface area (Å²) in [5.74, 6) is -0.155. The van der Waals surface area contributed by atoms with Crippen molar-refractivity contribution in [2.24, 2.45) is 0 Å². The van der Waals surface area contributed by atoms with Gasteiger partial charge in [-0.25, -0.2) is 4.68 Å². The molecule has 1 aromatic carbocycles. The van der Waals surface area contributed by atoms with Gasteiger partial charge in [0.05, 0.1) is 12.7 Å². The van der Waals surface area contributed by atoms with E-state index in [1.807, 2.05) is 30.3 Å². The fourth-order valence-corrected chi connectivity index (χ4v) is 2.29. The number of nitrogens with zero attached hydrogens (tertiary/aromatic N) is 3. The number of rotatable bonds is 4. The summed E-state index contributed by atoms with van der Waals surface area (Å²) in [5.41, 5.74) is 1.50. The van der Waals surface area contributed by atoms with Crippen LogP contribution in [0.2, 0.25) is 0 Å². The van der Waals surface area contributed by atoms with Gasteiger partial charge in [-0.1, -0.05) is 35.5 Å². The van der Waals surface area contributed by atoms with Crippen LogP contribution in [0.5, 0.6) is 0 Å². The van der Waals surface area contributed by atoms with Crippen molar-refractivity contribution in [3.63, 3.8) is 0 Å². The Balaban J connectivity index is 0.00000161. The summed E-state index contributed by atoms with van der Waals surface area (Å²) in [4.78, 5) is 12.0. The lowest BCUT2D eigenvalue weighted by Gasteiger charge is -2.08. The van der Waals surface area contributed by atoms with Crippen LogP contribution in [-0.4, -0.2) is 40.0 Å². The second-order valence-corrected chi connectivity index (χ2v) is 4.95. The summed E-state index contributed by atoms with van der Waals surface area (Å²) in [6.07, 6.45) is 2.65. The number of amides is 1. The highest BCUT2D eigenvalue weighted by molar-refractivity contribution is 5.92. The molecule has 2 N–H and O–H groups in total. The van der Waals surface area contributed by atoms with Crippen molar-refractivity contribution >= 4 is 18.3 Å². The Hall–Kier alpha value is -1.92. The lowest BCUT2D eigenvalue weighted by atomic mass is 10.2. The van der Waals surface area contributed by atoms with Gasteiger partial charge in [-0.2, -0.15) is 0 Å². The van der Waals surface area contributed by atoms with E-state index < -0.39 is 0 Å². The van der Waals surface area contributed by atoms with E-state index in [0.717, 1.165) is 25.1 Å². The number of carbonyl (C=O) groups is 1. The van der Waals surface area contributed by atoms with Crippen molar-refractivity contribution in [1.29, 1.82) is 0 Å². The van der Waals surface area contributed by atoms with Crippen LogP contribution < -0.4 is 10.6 Å². The van der Waals surface area contributed by atoms with Crippen LogP contribution >= 0.6 is 12.4 Å². The van der Waals surface area contributed by atoms with Crippen molar-refractivity contribution < 1.29 is 4.79 Å². The highest BCUT2D eigenvalue weighted by atomic mass is 35.5. The van der Waals surface area contributed by atoms with E-state index >= 15 is 0 Å². The van der Waals surface area contributed by atoms with Gasteiger partial charge in [-0.3, -0.25) is 4.79 Å². The van der Waals surface area contributed by atoms with Crippen LogP contribution in [0.25, 0.3) is 0 Å². The zero-order chi connectivity index (χ0) is 13.8. The van der Waals surface area contributed by atoms with Gasteiger partial charge in [0.1, 0.15) is 0 Å². The van der Waals surface area contributed by atoms with E-state index in [1.165, 1.54) is 0 Å². The standard InChI is InChI=1S/C14H17N5O.ClH/c20-14(16-12-6-7-15-8-12)13-10-19(18-17-13)9-11-4-2-1-3-5-11;/h1-5,10,12,15H,6-9H2,(H,16,20);1H. The summed E-state index contributed by atoms with van der Waals surface area (Å²) >= 11 is 0. The molecule has 1 saturated heterocycles. The highest BCUT2D eigenvalue weighted by Crippen LogP contribution is 2.03. The maximum atomic E-state index is 12.0. The van der Waals surface area contributed by atoms with Crippen LogP contribution in [0.1, 0.15) is 22.5 Å². The van der Waals surface area contributed by atoms with Gasteiger partial charge in [-0.05, 0) is 18.5 Å². The first kappa shape index (κ1) is 15.5. The third kappa shape index (κ3) is 4.03. The van der Waals surface area contributed by atoms with Gasteiger partial charge in [0, 0.05) is 12.6 Å². The van der Waals surface area contributed by atoms with Gasteiger partial charge in [0.2, 0.25) is 0 Å². The number of benzene rings is 1. The summed E-state index contributed by atoms with van der Waals surface area (Å²) in [6, 6.07) is 10.2. The molecule has 0 spiro atoms. The molecule has 0 radical (unpaired) electrons. The van der Waals surface area contributed by atoms with E-state index in [4.69, 9.17) is 0 Å². The summed E-state index contributed by atoms with van der Waals surface area (Å²) in [5, 5.41) is 14.1. The smallest absolute Gasteiger partial charge is 0.273 e. The molecule has 0 saturated carbocycles. The molecule has 0 aliphatic carbocycles. The Bertz CT molecular complexity index is 580. The first-order valence-corrected chi connectivity index (χ1v) is 6.77. The Morgan fingerprint density at radius 1 is 1.38 bits per heavy atom. The third-order valence-electron chi connectivity index (χ3n) is 3.35. The van der Waals surface area contributed by atoms with Crippen molar-refractivity contribution in [1.82, 2.24) is 25.6 Å². The van der Waals surface area contributed by atoms with Gasteiger partial charge in [0.25, 0.3) is 5.91 Å². The second kappa shape index (κ2) is 7.19. The van der Waals surface area contributed by atoms with E-state index in [-0.39, 0.29) is 24.4 Å². The van der Waals surface area contributed by atoms with Crippen LogP contribution in [0.15, 0.2) is 36.5 Å². The SMILES string of the molecule is Cl.O=C(NC1CCNC1)c1cn(Cc2ccccc2)nn1. The Morgan fingerprint density at radius 3 is 2.90 bits per heavy atom. The number of hydrogen-bond acceptors (Lipinski definition) is 4. The third-order valence-corrected chi connectivity index (χ3v) is 3.35. The molecule has 6 nitrogen and oxygen atoms in total. The molecule has 1 aliphatic rings. The molecule has 1 fully saturated rings. The van der Waals surface area contributed by atoms with E-state index in [0.29, 0.717) is 12.2 Å². The van der Waals surface area contributed by atoms with Crippen LogP contribution in [-0.2, 0) is 6.54 Å². The molecule has 2 aromatic rings. The fourth-order valence-electron chi connectivity index (χ4n) is 2.29. The van der Waals surface area contributed by atoms with Gasteiger partial charge in [-0.15, -0.1) is 17.5 Å². The van der Waals surface area contributed by atoms with Crippen molar-refractivity contribution in [3.8, 4) is 0 Å². The highest BCUT2D eigenvalue weighted by Gasteiger charge is 2.19. The van der Waals surface area contributed by atoms with E-state index in [2.05, 4.69) is 20.9 Å². The van der Waals surface area contributed by atoms with Crippen LogP contribution in [0.4, 0.5) is 0 Å². The molecule has 7 heteroatoms. The average molecular weight is 308 g/mol. The predicted octanol–water partition coefficient (Wildman–Crippen LogP) is 0.840. The zero-order valence-corrected chi connectivity index (χ0v) is 12.3. The van der Waals surface area contributed by atoms with Crippen molar-refractivity contribution in [2.75, 3.05) is 13.1 Å². The molecule has 21 heavy (non-hydrogen) atoms. The largest absolute Gasteiger partial charge is 0.347 e. The lowest BCUT2D eigenvalue weighted by molar-refractivity contribution is 0.0935. The molecule has 1 atom stereocenters. The number of carbonyl (C=O) groups excluding carboxylic acids is 1. The van der Waals surface area contributed by atoms with E-state index in [9.17, 15) is 4.79 Å². The molecular weight excluding hydrogens is 290 g/mol. The summed E-state index contributed by atoms with van der Waals surface area (Å²) in [7, 11) is 0. The minimum absolute atomic E-state index is 0. The first-order chi connectivity index (χ1) is 9.81. The van der Waals surface area contributed by atoms with Gasteiger partial charge >= 0.3 is 0 Å². The van der Waals surface area contributed by atoms with Gasteiger partial charge in [0.15, 0.2) is 5.69 Å². The summed E-state index contributed by atoms with van der Waals surface area (Å²) < 4.78 is 1.68. The molecule has 0 bridgehead atoms. The maximum Gasteiger partial charge on any atom is 0.273 e. The fraction of sp³-hybridized carbons (Fsp3) is 0.357. The number of halogens is 1. The monoisotopic (exact) mass is 307 g/mol. The predicted molar refractivity (Wildman–Crippen MR) is 81.6 cm³/mol. The Kier molecular flexibility index (Phi) is 5.30. The molecule has 1 aliphatic heterocycles. The molecular formula is C14H18ClN5O. The lowest BCUT2D eigenvalue weighted by Crippen LogP contribution is -2.36. The topological polar surface area (TPSA) is 71.8 Å². The summed E-state index contributed by atoms with van der Waals surface area (Å²) in [6.45, 7) is 2.39. The molecule has 1 unspecified atom stereocenters. The first-order valence-electron chi connectivity index (χ1n) is 6.77. The zero-order valence-electron chi connectivity index (χ0n) is 11.5. The Labute approximate surface area is 129 Å². The maximum absolute atomic E-state index is 12.0. The number of hydrogen-bond donors (Lipinski definition) is 2. The molecule has 1 amide bonds. The molecule has 2 heterocycles.